The summed E-state index contributed by atoms with van der Waals surface area (Å²) in [6.45, 7) is 6.85. The molecule has 0 aliphatic heterocycles. The van der Waals surface area contributed by atoms with Crippen LogP contribution in [0.4, 0.5) is 11.5 Å². The summed E-state index contributed by atoms with van der Waals surface area (Å²) in [6.07, 6.45) is 0.906. The summed E-state index contributed by atoms with van der Waals surface area (Å²) in [7, 11) is 0. The number of carbonyl (C=O) groups excluding carboxylic acids is 2. The molecule has 0 atom stereocenters. The van der Waals surface area contributed by atoms with Crippen molar-refractivity contribution in [1.29, 1.82) is 0 Å². The van der Waals surface area contributed by atoms with E-state index in [2.05, 4.69) is 34.7 Å². The van der Waals surface area contributed by atoms with Crippen molar-refractivity contribution in [2.45, 2.75) is 27.2 Å². The highest BCUT2D eigenvalue weighted by Gasteiger charge is 2.13. The van der Waals surface area contributed by atoms with Crippen molar-refractivity contribution in [3.8, 4) is 0 Å². The lowest BCUT2D eigenvalue weighted by Gasteiger charge is -2.10. The normalized spacial score (nSPS) is 10.5. The molecular formula is C19H24N4O3. The highest BCUT2D eigenvalue weighted by molar-refractivity contribution is 5.96. The van der Waals surface area contributed by atoms with Gasteiger partial charge in [-0.3, -0.25) is 4.79 Å². The molecule has 7 nitrogen and oxygen atoms in total. The van der Waals surface area contributed by atoms with Gasteiger partial charge in [0.25, 0.3) is 5.91 Å². The third kappa shape index (κ3) is 5.54. The summed E-state index contributed by atoms with van der Waals surface area (Å²) < 4.78 is 5.04. The summed E-state index contributed by atoms with van der Waals surface area (Å²) in [5.74, 6) is 0.286. The van der Waals surface area contributed by atoms with E-state index in [1.54, 1.807) is 43.3 Å². The third-order valence-corrected chi connectivity index (χ3v) is 3.59. The maximum absolute atomic E-state index is 12.0. The van der Waals surface area contributed by atoms with E-state index >= 15 is 0 Å². The molecule has 2 aromatic rings. The topological polar surface area (TPSA) is 93.2 Å². The molecule has 2 N–H and O–H groups in total. The Hall–Kier alpha value is -2.96. The maximum atomic E-state index is 12.0. The van der Waals surface area contributed by atoms with E-state index in [1.807, 2.05) is 0 Å². The van der Waals surface area contributed by atoms with Crippen molar-refractivity contribution in [1.82, 2.24) is 15.5 Å². The number of hydrogen-bond donors (Lipinski definition) is 2. The standard InChI is InChI=1S/C19H24N4O3/c1-4-26-19(25)14-7-5-6-8-15(14)21-17-10-9-16(22-23-17)18(24)20-12-11-13(2)3/h5-10,13H,4,11-12H2,1-3H3,(H,20,24)(H,21,23). The van der Waals surface area contributed by atoms with Crippen LogP contribution in [0.25, 0.3) is 0 Å². The first-order valence-electron chi connectivity index (χ1n) is 8.66. The van der Waals surface area contributed by atoms with Gasteiger partial charge < -0.3 is 15.4 Å². The van der Waals surface area contributed by atoms with Crippen LogP contribution in [0.3, 0.4) is 0 Å². The molecule has 26 heavy (non-hydrogen) atoms. The zero-order chi connectivity index (χ0) is 18.9. The van der Waals surface area contributed by atoms with Gasteiger partial charge in [-0.25, -0.2) is 4.79 Å². The number of esters is 1. The Kier molecular flexibility index (Phi) is 7.08. The fourth-order valence-electron chi connectivity index (χ4n) is 2.20. The van der Waals surface area contributed by atoms with E-state index < -0.39 is 5.97 Å². The molecule has 0 aliphatic carbocycles. The number of anilines is 2. The average molecular weight is 356 g/mol. The summed E-state index contributed by atoms with van der Waals surface area (Å²) in [4.78, 5) is 24.0. The smallest absolute Gasteiger partial charge is 0.340 e. The van der Waals surface area contributed by atoms with Crippen LogP contribution in [0.5, 0.6) is 0 Å². The van der Waals surface area contributed by atoms with Crippen molar-refractivity contribution in [2.75, 3.05) is 18.5 Å². The number of rotatable bonds is 8. The summed E-state index contributed by atoms with van der Waals surface area (Å²) in [5.41, 5.74) is 1.22. The van der Waals surface area contributed by atoms with E-state index in [4.69, 9.17) is 4.74 Å². The number of carbonyl (C=O) groups is 2. The molecule has 0 spiro atoms. The summed E-state index contributed by atoms with van der Waals surface area (Å²) in [5, 5.41) is 13.8. The largest absolute Gasteiger partial charge is 0.462 e. The Morgan fingerprint density at radius 2 is 1.88 bits per heavy atom. The van der Waals surface area contributed by atoms with Gasteiger partial charge in [0.15, 0.2) is 11.5 Å². The number of ether oxygens (including phenoxy) is 1. The van der Waals surface area contributed by atoms with Gasteiger partial charge in [0.1, 0.15) is 0 Å². The minimum atomic E-state index is -0.412. The molecule has 1 heterocycles. The first-order valence-corrected chi connectivity index (χ1v) is 8.66. The van der Waals surface area contributed by atoms with Crippen LogP contribution in [-0.2, 0) is 4.74 Å². The van der Waals surface area contributed by atoms with E-state index in [-0.39, 0.29) is 11.6 Å². The highest BCUT2D eigenvalue weighted by Crippen LogP contribution is 2.20. The fraction of sp³-hybridized carbons (Fsp3) is 0.368. The molecule has 1 aromatic heterocycles. The summed E-state index contributed by atoms with van der Waals surface area (Å²) >= 11 is 0. The molecule has 1 amide bonds. The molecule has 0 radical (unpaired) electrons. The summed E-state index contributed by atoms with van der Waals surface area (Å²) in [6, 6.07) is 10.2. The van der Waals surface area contributed by atoms with Crippen molar-refractivity contribution in [2.24, 2.45) is 5.92 Å². The molecule has 0 saturated heterocycles. The second kappa shape index (κ2) is 9.50. The number of aromatic nitrogens is 2. The SMILES string of the molecule is CCOC(=O)c1ccccc1Nc1ccc(C(=O)NCCC(C)C)nn1. The lowest BCUT2D eigenvalue weighted by molar-refractivity contribution is 0.0527. The second-order valence-electron chi connectivity index (χ2n) is 6.13. The number of nitrogens with zero attached hydrogens (tertiary/aromatic N) is 2. The minimum absolute atomic E-state index is 0.248. The highest BCUT2D eigenvalue weighted by atomic mass is 16.5. The lowest BCUT2D eigenvalue weighted by atomic mass is 10.1. The maximum Gasteiger partial charge on any atom is 0.340 e. The van der Waals surface area contributed by atoms with Crippen LogP contribution in [0.15, 0.2) is 36.4 Å². The predicted molar refractivity (Wildman–Crippen MR) is 99.5 cm³/mol. The van der Waals surface area contributed by atoms with Crippen LogP contribution in [0.2, 0.25) is 0 Å². The number of nitrogens with one attached hydrogen (secondary N) is 2. The third-order valence-electron chi connectivity index (χ3n) is 3.59. The van der Waals surface area contributed by atoms with Gasteiger partial charge >= 0.3 is 5.97 Å². The Labute approximate surface area is 153 Å². The van der Waals surface area contributed by atoms with Gasteiger partial charge in [0.05, 0.1) is 17.9 Å². The van der Waals surface area contributed by atoms with Crippen molar-refractivity contribution in [3.05, 3.63) is 47.7 Å². The molecule has 7 heteroatoms. The molecule has 138 valence electrons. The first kappa shape index (κ1) is 19.4. The average Bonchev–Trinajstić information content (AvgIpc) is 2.62. The van der Waals surface area contributed by atoms with E-state index in [0.717, 1.165) is 6.42 Å². The van der Waals surface area contributed by atoms with Gasteiger partial charge in [-0.1, -0.05) is 26.0 Å². The molecule has 0 bridgehead atoms. The van der Waals surface area contributed by atoms with Gasteiger partial charge in [0.2, 0.25) is 0 Å². The molecular weight excluding hydrogens is 332 g/mol. The van der Waals surface area contributed by atoms with Crippen molar-refractivity contribution >= 4 is 23.4 Å². The zero-order valence-corrected chi connectivity index (χ0v) is 15.3. The van der Waals surface area contributed by atoms with Crippen LogP contribution < -0.4 is 10.6 Å². The predicted octanol–water partition coefficient (Wildman–Crippen LogP) is 3.17. The van der Waals surface area contributed by atoms with Gasteiger partial charge in [-0.2, -0.15) is 0 Å². The van der Waals surface area contributed by atoms with Crippen molar-refractivity contribution < 1.29 is 14.3 Å². The van der Waals surface area contributed by atoms with Crippen LogP contribution in [0.1, 0.15) is 48.0 Å². The molecule has 1 aromatic carbocycles. The molecule has 2 rings (SSSR count). The fourth-order valence-corrected chi connectivity index (χ4v) is 2.20. The van der Waals surface area contributed by atoms with Gasteiger partial charge in [0, 0.05) is 6.54 Å². The Morgan fingerprint density at radius 3 is 2.54 bits per heavy atom. The first-order chi connectivity index (χ1) is 12.5. The molecule has 0 unspecified atom stereocenters. The minimum Gasteiger partial charge on any atom is -0.462 e. The van der Waals surface area contributed by atoms with Gasteiger partial charge in [-0.15, -0.1) is 10.2 Å². The Bertz CT molecular complexity index is 745. The van der Waals surface area contributed by atoms with E-state index in [0.29, 0.717) is 36.1 Å². The number of amides is 1. The lowest BCUT2D eigenvalue weighted by Crippen LogP contribution is -2.26. The van der Waals surface area contributed by atoms with Crippen LogP contribution in [0, 0.1) is 5.92 Å². The molecule has 0 aliphatic rings. The number of para-hydroxylation sites is 1. The Morgan fingerprint density at radius 1 is 1.12 bits per heavy atom. The number of benzene rings is 1. The zero-order valence-electron chi connectivity index (χ0n) is 15.3. The second-order valence-corrected chi connectivity index (χ2v) is 6.13. The molecule has 0 saturated carbocycles. The number of hydrogen-bond acceptors (Lipinski definition) is 6. The molecule has 0 fully saturated rings. The van der Waals surface area contributed by atoms with Gasteiger partial charge in [-0.05, 0) is 43.5 Å². The Balaban J connectivity index is 2.04. The quantitative estimate of drug-likeness (QED) is 0.706. The van der Waals surface area contributed by atoms with Crippen molar-refractivity contribution in [3.63, 3.8) is 0 Å². The van der Waals surface area contributed by atoms with Crippen LogP contribution in [-0.4, -0.2) is 35.2 Å². The van der Waals surface area contributed by atoms with E-state index in [9.17, 15) is 9.59 Å². The monoisotopic (exact) mass is 356 g/mol. The van der Waals surface area contributed by atoms with Crippen LogP contribution >= 0.6 is 0 Å². The van der Waals surface area contributed by atoms with E-state index in [1.165, 1.54) is 0 Å².